The van der Waals surface area contributed by atoms with Crippen LogP contribution >= 0.6 is 11.6 Å². The van der Waals surface area contributed by atoms with Gasteiger partial charge in [0.2, 0.25) is 0 Å². The number of halogens is 1. The third-order valence-electron chi connectivity index (χ3n) is 6.40. The molecule has 0 aliphatic carbocycles. The number of anilines is 2. The molecular weight excluding hydrogens is 428 g/mol. The quantitative estimate of drug-likeness (QED) is 0.580. The molecule has 2 N–H and O–H groups in total. The molecule has 3 aromatic rings. The van der Waals surface area contributed by atoms with Crippen LogP contribution in [0.15, 0.2) is 54.7 Å². The van der Waals surface area contributed by atoms with Crippen LogP contribution in [0, 0.1) is 0 Å². The first-order chi connectivity index (χ1) is 15.5. The molecule has 5 rings (SSSR count). The van der Waals surface area contributed by atoms with Crippen molar-refractivity contribution in [3.8, 4) is 17.2 Å². The summed E-state index contributed by atoms with van der Waals surface area (Å²) in [5.74, 6) is 0.990. The number of likely N-dealkylation sites (tertiary alicyclic amines) is 1. The van der Waals surface area contributed by atoms with Crippen LogP contribution in [0.2, 0.25) is 5.02 Å². The van der Waals surface area contributed by atoms with Gasteiger partial charge in [-0.25, -0.2) is 4.79 Å². The Balaban J connectivity index is 1.33. The van der Waals surface area contributed by atoms with Crippen molar-refractivity contribution in [3.05, 3.63) is 65.4 Å². The third-order valence-corrected chi connectivity index (χ3v) is 6.69. The molecule has 166 valence electrons. The number of hydrogen-bond acceptors (Lipinski definition) is 4. The van der Waals surface area contributed by atoms with Crippen LogP contribution in [0.4, 0.5) is 16.2 Å². The summed E-state index contributed by atoms with van der Waals surface area (Å²) in [5, 5.41) is 7.12. The summed E-state index contributed by atoms with van der Waals surface area (Å²) in [7, 11) is 3.08. The molecule has 0 unspecified atom stereocenters. The Morgan fingerprint density at radius 1 is 1.06 bits per heavy atom. The number of urea groups is 1. The first-order valence-corrected chi connectivity index (χ1v) is 11.0. The Morgan fingerprint density at radius 3 is 2.56 bits per heavy atom. The maximum atomic E-state index is 13.0. The van der Waals surface area contributed by atoms with Crippen molar-refractivity contribution in [1.29, 1.82) is 0 Å². The van der Waals surface area contributed by atoms with E-state index in [2.05, 4.69) is 51.7 Å². The maximum Gasteiger partial charge on any atom is 0.321 e. The number of para-hydroxylation sites is 2. The molecule has 0 radical (unpaired) electrons. The predicted molar refractivity (Wildman–Crippen MR) is 125 cm³/mol. The Labute approximate surface area is 191 Å². The Hall–Kier alpha value is -3.32. The van der Waals surface area contributed by atoms with Crippen LogP contribution in [0.25, 0.3) is 5.69 Å². The van der Waals surface area contributed by atoms with Gasteiger partial charge in [-0.2, -0.15) is 0 Å². The van der Waals surface area contributed by atoms with Gasteiger partial charge in [0, 0.05) is 31.0 Å². The lowest BCUT2D eigenvalue weighted by Gasteiger charge is -2.46. The highest BCUT2D eigenvalue weighted by molar-refractivity contribution is 6.32. The number of fused-ring (bicyclic) bond motifs is 4. The molecule has 3 heterocycles. The van der Waals surface area contributed by atoms with Gasteiger partial charge in [-0.05, 0) is 43.2 Å². The van der Waals surface area contributed by atoms with E-state index in [-0.39, 0.29) is 11.6 Å². The van der Waals surface area contributed by atoms with Gasteiger partial charge in [0.1, 0.15) is 11.5 Å². The van der Waals surface area contributed by atoms with Gasteiger partial charge in [-0.15, -0.1) is 0 Å². The molecule has 1 saturated heterocycles. The summed E-state index contributed by atoms with van der Waals surface area (Å²) in [6, 6.07) is 15.7. The van der Waals surface area contributed by atoms with E-state index in [1.54, 1.807) is 19.2 Å². The summed E-state index contributed by atoms with van der Waals surface area (Å²) in [6.07, 6.45) is 3.72. The minimum Gasteiger partial charge on any atom is -0.495 e. The van der Waals surface area contributed by atoms with Crippen molar-refractivity contribution in [2.75, 3.05) is 37.9 Å². The van der Waals surface area contributed by atoms with E-state index in [1.165, 1.54) is 12.8 Å². The SMILES string of the molecule is COc1cc(OC)c(NC(=O)N2CCC3(CC2)Nc2ccccc2-n2cccc23)cc1Cl. The van der Waals surface area contributed by atoms with Crippen molar-refractivity contribution in [3.63, 3.8) is 0 Å². The average molecular weight is 453 g/mol. The van der Waals surface area contributed by atoms with Gasteiger partial charge >= 0.3 is 6.03 Å². The van der Waals surface area contributed by atoms with E-state index in [4.69, 9.17) is 21.1 Å². The first-order valence-electron chi connectivity index (χ1n) is 10.6. The Kier molecular flexibility index (Phi) is 5.13. The minimum absolute atomic E-state index is 0.175. The third kappa shape index (κ3) is 3.33. The van der Waals surface area contributed by atoms with Gasteiger partial charge in [-0.3, -0.25) is 0 Å². The number of aromatic nitrogens is 1. The van der Waals surface area contributed by atoms with Crippen molar-refractivity contribution in [1.82, 2.24) is 9.47 Å². The summed E-state index contributed by atoms with van der Waals surface area (Å²) in [6.45, 7) is 1.25. The van der Waals surface area contributed by atoms with Crippen LogP contribution in [0.3, 0.4) is 0 Å². The number of piperidine rings is 1. The molecule has 2 aliphatic heterocycles. The lowest BCUT2D eigenvalue weighted by molar-refractivity contribution is 0.174. The number of nitrogens with one attached hydrogen (secondary N) is 2. The number of benzene rings is 2. The highest BCUT2D eigenvalue weighted by Crippen LogP contribution is 2.43. The molecule has 2 amide bonds. The number of hydrogen-bond donors (Lipinski definition) is 2. The lowest BCUT2D eigenvalue weighted by atomic mass is 9.82. The second-order valence-electron chi connectivity index (χ2n) is 8.09. The highest BCUT2D eigenvalue weighted by Gasteiger charge is 2.42. The van der Waals surface area contributed by atoms with Crippen molar-refractivity contribution >= 4 is 29.0 Å². The number of ether oxygens (including phenoxy) is 2. The summed E-state index contributed by atoms with van der Waals surface area (Å²) >= 11 is 6.25. The zero-order valence-corrected chi connectivity index (χ0v) is 18.8. The zero-order chi connectivity index (χ0) is 22.3. The molecule has 7 nitrogen and oxygen atoms in total. The van der Waals surface area contributed by atoms with E-state index in [0.29, 0.717) is 35.3 Å². The number of methoxy groups -OCH3 is 2. The van der Waals surface area contributed by atoms with Gasteiger partial charge in [0.25, 0.3) is 0 Å². The van der Waals surface area contributed by atoms with Gasteiger partial charge in [-0.1, -0.05) is 23.7 Å². The average Bonchev–Trinajstić information content (AvgIpc) is 3.31. The van der Waals surface area contributed by atoms with Gasteiger partial charge in [0.15, 0.2) is 0 Å². The van der Waals surface area contributed by atoms with Crippen LogP contribution < -0.4 is 20.1 Å². The molecule has 1 aromatic heterocycles. The maximum absolute atomic E-state index is 13.0. The van der Waals surface area contributed by atoms with Crippen LogP contribution in [-0.2, 0) is 5.54 Å². The van der Waals surface area contributed by atoms with Crippen LogP contribution in [0.5, 0.6) is 11.5 Å². The smallest absolute Gasteiger partial charge is 0.321 e. The fourth-order valence-electron chi connectivity index (χ4n) is 4.72. The summed E-state index contributed by atoms with van der Waals surface area (Å²) < 4.78 is 12.9. The molecular formula is C24H25ClN4O3. The van der Waals surface area contributed by atoms with Crippen molar-refractivity contribution in [2.45, 2.75) is 18.4 Å². The monoisotopic (exact) mass is 452 g/mol. The molecule has 2 aromatic carbocycles. The molecule has 0 saturated carbocycles. The predicted octanol–water partition coefficient (Wildman–Crippen LogP) is 5.10. The highest BCUT2D eigenvalue weighted by atomic mass is 35.5. The number of carbonyl (C=O) groups excluding carboxylic acids is 1. The molecule has 0 atom stereocenters. The molecule has 2 aliphatic rings. The second-order valence-corrected chi connectivity index (χ2v) is 8.50. The molecule has 0 bridgehead atoms. The summed E-state index contributed by atoms with van der Waals surface area (Å²) in [4.78, 5) is 14.9. The van der Waals surface area contributed by atoms with Gasteiger partial charge in [0.05, 0.1) is 41.8 Å². The minimum atomic E-state index is -0.199. The Morgan fingerprint density at radius 2 is 1.81 bits per heavy atom. The molecule has 32 heavy (non-hydrogen) atoms. The van der Waals surface area contributed by atoms with E-state index in [0.717, 1.165) is 24.2 Å². The first kappa shape index (κ1) is 20.6. The standard InChI is InChI=1S/C24H25ClN4O3/c1-31-20-15-21(32-2)18(14-16(20)25)26-23(30)28-12-9-24(10-13-28)22-8-5-11-29(22)19-7-4-3-6-17(19)27-24/h3-8,11,14-15,27H,9-10,12-13H2,1-2H3,(H,26,30). The topological polar surface area (TPSA) is 67.8 Å². The fraction of sp³-hybridized carbons (Fsp3) is 0.292. The van der Waals surface area contributed by atoms with E-state index in [9.17, 15) is 4.79 Å². The number of rotatable bonds is 3. The summed E-state index contributed by atoms with van der Waals surface area (Å²) in [5.41, 5.74) is 3.82. The van der Waals surface area contributed by atoms with Crippen molar-refractivity contribution < 1.29 is 14.3 Å². The van der Waals surface area contributed by atoms with Crippen LogP contribution in [0.1, 0.15) is 18.5 Å². The second kappa shape index (κ2) is 7.98. The number of carbonyl (C=O) groups is 1. The normalized spacial score (nSPS) is 16.0. The largest absolute Gasteiger partial charge is 0.495 e. The van der Waals surface area contributed by atoms with E-state index in [1.807, 2.05) is 11.0 Å². The lowest BCUT2D eigenvalue weighted by Crippen LogP contribution is -2.51. The Bertz CT molecular complexity index is 1170. The van der Waals surface area contributed by atoms with Gasteiger partial charge < -0.3 is 29.6 Å². The fourth-order valence-corrected chi connectivity index (χ4v) is 4.96. The van der Waals surface area contributed by atoms with Crippen LogP contribution in [-0.4, -0.2) is 42.8 Å². The van der Waals surface area contributed by atoms with E-state index >= 15 is 0 Å². The molecule has 1 spiro atoms. The van der Waals surface area contributed by atoms with Crippen molar-refractivity contribution in [2.24, 2.45) is 0 Å². The molecule has 8 heteroatoms. The van der Waals surface area contributed by atoms with E-state index < -0.39 is 0 Å². The number of nitrogens with zero attached hydrogens (tertiary/aromatic N) is 2. The zero-order valence-electron chi connectivity index (χ0n) is 18.0. The number of amides is 2. The molecule has 1 fully saturated rings.